The van der Waals surface area contributed by atoms with Crippen molar-refractivity contribution in [3.63, 3.8) is 0 Å². The number of nitrogens with two attached hydrogens (primary N) is 1. The van der Waals surface area contributed by atoms with Crippen LogP contribution in [0.1, 0.15) is 11.1 Å². The van der Waals surface area contributed by atoms with Crippen LogP contribution in [0.15, 0.2) is 60.3 Å². The number of aryl methyl sites for hydroxylation is 1. The molecule has 0 saturated heterocycles. The molecule has 24 heavy (non-hydrogen) atoms. The molecule has 4 N–H and O–H groups in total. The minimum absolute atomic E-state index is 0.0246. The number of amides is 1. The monoisotopic (exact) mass is 320 g/mol. The maximum absolute atomic E-state index is 12.1. The van der Waals surface area contributed by atoms with Gasteiger partial charge in [0, 0.05) is 24.1 Å². The molecule has 0 aliphatic heterocycles. The van der Waals surface area contributed by atoms with Crippen LogP contribution in [0.3, 0.4) is 0 Å². The fourth-order valence-electron chi connectivity index (χ4n) is 2.19. The Balaban J connectivity index is 1.89. The molecule has 0 saturated carbocycles. The molecule has 0 aromatic heterocycles. The molecule has 122 valence electrons. The fraction of sp³-hybridized carbons (Fsp3) is 0.158. The third-order valence-electron chi connectivity index (χ3n) is 3.58. The van der Waals surface area contributed by atoms with Crippen LogP contribution in [0.25, 0.3) is 0 Å². The number of hydrogen-bond donors (Lipinski definition) is 3. The van der Waals surface area contributed by atoms with Gasteiger partial charge in [-0.1, -0.05) is 24.3 Å². The van der Waals surface area contributed by atoms with Crippen LogP contribution in [-0.2, 0) is 11.2 Å². The molecule has 0 radical (unpaired) electrons. The highest BCUT2D eigenvalue weighted by Crippen LogP contribution is 2.11. The summed E-state index contributed by atoms with van der Waals surface area (Å²) in [5, 5.41) is 14.8. The number of rotatable bonds is 6. The lowest BCUT2D eigenvalue weighted by molar-refractivity contribution is -0.112. The molecule has 2 aromatic rings. The maximum atomic E-state index is 12.1. The first-order valence-electron chi connectivity index (χ1n) is 7.65. The quantitative estimate of drug-likeness (QED) is 0.330. The minimum atomic E-state index is -0.453. The van der Waals surface area contributed by atoms with Gasteiger partial charge in [0.25, 0.3) is 5.91 Å². The molecule has 2 rings (SSSR count). The van der Waals surface area contributed by atoms with E-state index >= 15 is 0 Å². The minimum Gasteiger partial charge on any atom is -0.399 e. The molecule has 0 atom stereocenters. The van der Waals surface area contributed by atoms with Crippen molar-refractivity contribution in [3.05, 3.63) is 71.4 Å². The van der Waals surface area contributed by atoms with E-state index in [4.69, 9.17) is 11.0 Å². The van der Waals surface area contributed by atoms with E-state index in [9.17, 15) is 4.79 Å². The van der Waals surface area contributed by atoms with Crippen molar-refractivity contribution in [2.24, 2.45) is 0 Å². The Morgan fingerprint density at radius 3 is 2.58 bits per heavy atom. The normalized spacial score (nSPS) is 10.8. The molecule has 5 heteroatoms. The Bertz CT molecular complexity index is 773. The Kier molecular flexibility index (Phi) is 5.98. The molecular formula is C19H20N4O. The standard InChI is InChI=1S/C19H20N4O/c1-14-4-2-3-5-15(14)10-11-22-13-16(12-20)19(24)23-18-8-6-17(21)7-9-18/h2-9,13,22H,10-11,21H2,1H3,(H,23,24)/b16-13-. The topological polar surface area (TPSA) is 90.9 Å². The van der Waals surface area contributed by atoms with Gasteiger partial charge in [-0.25, -0.2) is 0 Å². The van der Waals surface area contributed by atoms with Gasteiger partial charge in [-0.15, -0.1) is 0 Å². The van der Waals surface area contributed by atoms with E-state index in [1.165, 1.54) is 17.3 Å². The second-order valence-electron chi connectivity index (χ2n) is 5.38. The maximum Gasteiger partial charge on any atom is 0.267 e. The highest BCUT2D eigenvalue weighted by molar-refractivity contribution is 6.06. The Hall–Kier alpha value is -3.26. The van der Waals surface area contributed by atoms with Crippen LogP contribution in [0, 0.1) is 18.3 Å². The summed E-state index contributed by atoms with van der Waals surface area (Å²) in [5.41, 5.74) is 9.29. The molecule has 0 bridgehead atoms. The predicted octanol–water partition coefficient (Wildman–Crippen LogP) is 2.76. The first-order valence-corrected chi connectivity index (χ1v) is 7.65. The summed E-state index contributed by atoms with van der Waals surface area (Å²) in [5.74, 6) is -0.453. The van der Waals surface area contributed by atoms with E-state index in [1.54, 1.807) is 24.3 Å². The van der Waals surface area contributed by atoms with E-state index in [0.29, 0.717) is 17.9 Å². The highest BCUT2D eigenvalue weighted by Gasteiger charge is 2.08. The molecule has 2 aromatic carbocycles. The van der Waals surface area contributed by atoms with Crippen LogP contribution in [0.2, 0.25) is 0 Å². The van der Waals surface area contributed by atoms with E-state index in [1.807, 2.05) is 18.2 Å². The molecule has 5 nitrogen and oxygen atoms in total. The number of nitrogens with one attached hydrogen (secondary N) is 2. The number of carbonyl (C=O) groups is 1. The number of nitriles is 1. The van der Waals surface area contributed by atoms with Crippen LogP contribution in [0.4, 0.5) is 11.4 Å². The summed E-state index contributed by atoms with van der Waals surface area (Å²) >= 11 is 0. The average Bonchev–Trinajstić information content (AvgIpc) is 2.58. The first-order chi connectivity index (χ1) is 11.6. The molecule has 0 fully saturated rings. The predicted molar refractivity (Wildman–Crippen MR) is 96.1 cm³/mol. The van der Waals surface area contributed by atoms with Gasteiger partial charge >= 0.3 is 0 Å². The Morgan fingerprint density at radius 1 is 1.21 bits per heavy atom. The fourth-order valence-corrected chi connectivity index (χ4v) is 2.19. The van der Waals surface area contributed by atoms with Gasteiger partial charge < -0.3 is 16.4 Å². The molecular weight excluding hydrogens is 300 g/mol. The number of anilines is 2. The number of nitrogens with zero attached hydrogens (tertiary/aromatic N) is 1. The average molecular weight is 320 g/mol. The highest BCUT2D eigenvalue weighted by atomic mass is 16.1. The van der Waals surface area contributed by atoms with E-state index in [2.05, 4.69) is 29.7 Å². The Labute approximate surface area is 141 Å². The zero-order valence-corrected chi connectivity index (χ0v) is 13.5. The summed E-state index contributed by atoms with van der Waals surface area (Å²) in [6.45, 7) is 2.71. The number of hydrogen-bond acceptors (Lipinski definition) is 4. The van der Waals surface area contributed by atoms with Crippen LogP contribution >= 0.6 is 0 Å². The second-order valence-corrected chi connectivity index (χ2v) is 5.38. The van der Waals surface area contributed by atoms with Crippen molar-refractivity contribution in [1.29, 1.82) is 5.26 Å². The lowest BCUT2D eigenvalue weighted by atomic mass is 10.1. The second kappa shape index (κ2) is 8.39. The number of carbonyl (C=O) groups excluding carboxylic acids is 1. The van der Waals surface area contributed by atoms with Crippen molar-refractivity contribution < 1.29 is 4.79 Å². The first kappa shape index (κ1) is 17.1. The molecule has 0 aliphatic carbocycles. The summed E-state index contributed by atoms with van der Waals surface area (Å²) in [7, 11) is 0. The number of nitrogen functional groups attached to an aromatic ring is 1. The van der Waals surface area contributed by atoms with Crippen molar-refractivity contribution in [2.45, 2.75) is 13.3 Å². The zero-order chi connectivity index (χ0) is 17.4. The zero-order valence-electron chi connectivity index (χ0n) is 13.5. The van der Waals surface area contributed by atoms with Gasteiger partial charge in [-0.2, -0.15) is 5.26 Å². The third kappa shape index (κ3) is 4.89. The lowest BCUT2D eigenvalue weighted by Gasteiger charge is -2.07. The largest absolute Gasteiger partial charge is 0.399 e. The van der Waals surface area contributed by atoms with Crippen molar-refractivity contribution in [2.75, 3.05) is 17.6 Å². The summed E-state index contributed by atoms with van der Waals surface area (Å²) in [6, 6.07) is 16.8. The van der Waals surface area contributed by atoms with Crippen LogP contribution < -0.4 is 16.4 Å². The molecule has 0 spiro atoms. The summed E-state index contributed by atoms with van der Waals surface area (Å²) in [6.07, 6.45) is 2.27. The molecule has 1 amide bonds. The van der Waals surface area contributed by atoms with E-state index < -0.39 is 5.91 Å². The lowest BCUT2D eigenvalue weighted by Crippen LogP contribution is -2.18. The molecule has 0 heterocycles. The summed E-state index contributed by atoms with van der Waals surface area (Å²) in [4.78, 5) is 12.1. The molecule has 0 unspecified atom stereocenters. The third-order valence-corrected chi connectivity index (χ3v) is 3.58. The van der Waals surface area contributed by atoms with Gasteiger partial charge in [0.1, 0.15) is 11.6 Å². The van der Waals surface area contributed by atoms with Gasteiger partial charge in [0.2, 0.25) is 0 Å². The van der Waals surface area contributed by atoms with Gasteiger partial charge in [0.15, 0.2) is 0 Å². The van der Waals surface area contributed by atoms with Crippen LogP contribution in [0.5, 0.6) is 0 Å². The van der Waals surface area contributed by atoms with Gasteiger partial charge in [0.05, 0.1) is 0 Å². The van der Waals surface area contributed by atoms with Gasteiger partial charge in [-0.3, -0.25) is 4.79 Å². The molecule has 0 aliphatic rings. The Morgan fingerprint density at radius 2 is 1.92 bits per heavy atom. The number of benzene rings is 2. The van der Waals surface area contributed by atoms with Crippen molar-refractivity contribution in [1.82, 2.24) is 5.32 Å². The van der Waals surface area contributed by atoms with Gasteiger partial charge in [-0.05, 0) is 48.7 Å². The van der Waals surface area contributed by atoms with Crippen molar-refractivity contribution >= 4 is 17.3 Å². The smallest absolute Gasteiger partial charge is 0.267 e. The van der Waals surface area contributed by atoms with Crippen molar-refractivity contribution in [3.8, 4) is 6.07 Å². The van der Waals surface area contributed by atoms with Crippen LogP contribution in [-0.4, -0.2) is 12.5 Å². The summed E-state index contributed by atoms with van der Waals surface area (Å²) < 4.78 is 0. The SMILES string of the molecule is Cc1ccccc1CCN/C=C(/C#N)C(=O)Nc1ccc(N)cc1. The van der Waals surface area contributed by atoms with E-state index in [-0.39, 0.29) is 5.57 Å². The van der Waals surface area contributed by atoms with E-state index in [0.717, 1.165) is 6.42 Å².